The highest BCUT2D eigenvalue weighted by Crippen LogP contribution is 2.29. The van der Waals surface area contributed by atoms with E-state index in [4.69, 9.17) is 0 Å². The third-order valence-electron chi connectivity index (χ3n) is 2.72. The summed E-state index contributed by atoms with van der Waals surface area (Å²) in [6.45, 7) is 4.36. The molecule has 8 heteroatoms. The highest BCUT2D eigenvalue weighted by Gasteiger charge is 2.07. The second-order valence-corrected chi connectivity index (χ2v) is 7.52. The zero-order chi connectivity index (χ0) is 15.9. The fourth-order valence-electron chi connectivity index (χ4n) is 1.71. The SMILES string of the molecule is C=CCNc1nnc(SCc2csc(Nc3ccccc3)n2)s1. The number of hydrogen-bond donors (Lipinski definition) is 2. The number of nitrogens with zero attached hydrogens (tertiary/aromatic N) is 3. The normalized spacial score (nSPS) is 10.4. The maximum absolute atomic E-state index is 4.59. The molecule has 3 rings (SSSR count). The fourth-order valence-corrected chi connectivity index (χ4v) is 4.20. The van der Waals surface area contributed by atoms with Gasteiger partial charge in [-0.05, 0) is 12.1 Å². The van der Waals surface area contributed by atoms with E-state index < -0.39 is 0 Å². The summed E-state index contributed by atoms with van der Waals surface area (Å²) < 4.78 is 0.933. The van der Waals surface area contributed by atoms with Crippen LogP contribution in [0.25, 0.3) is 0 Å². The molecule has 0 aliphatic carbocycles. The largest absolute Gasteiger partial charge is 0.357 e. The van der Waals surface area contributed by atoms with Gasteiger partial charge in [-0.3, -0.25) is 0 Å². The quantitative estimate of drug-likeness (QED) is 0.450. The number of nitrogens with one attached hydrogen (secondary N) is 2. The first-order valence-electron chi connectivity index (χ1n) is 6.91. The van der Waals surface area contributed by atoms with E-state index in [2.05, 4.69) is 37.8 Å². The lowest BCUT2D eigenvalue weighted by atomic mass is 10.3. The van der Waals surface area contributed by atoms with Crippen molar-refractivity contribution in [2.24, 2.45) is 0 Å². The van der Waals surface area contributed by atoms with Gasteiger partial charge in [-0.15, -0.1) is 28.1 Å². The molecule has 0 saturated carbocycles. The molecular formula is C15H15N5S3. The molecule has 118 valence electrons. The number of para-hydroxylation sites is 1. The zero-order valence-electron chi connectivity index (χ0n) is 12.2. The molecule has 0 radical (unpaired) electrons. The van der Waals surface area contributed by atoms with Crippen molar-refractivity contribution in [2.45, 2.75) is 10.1 Å². The molecule has 3 aromatic rings. The number of hydrogen-bond acceptors (Lipinski definition) is 8. The number of thiazole rings is 1. The van der Waals surface area contributed by atoms with Crippen molar-refractivity contribution in [3.63, 3.8) is 0 Å². The Kier molecular flexibility index (Phi) is 5.62. The highest BCUT2D eigenvalue weighted by atomic mass is 32.2. The van der Waals surface area contributed by atoms with Crippen molar-refractivity contribution in [1.82, 2.24) is 15.2 Å². The van der Waals surface area contributed by atoms with Gasteiger partial charge >= 0.3 is 0 Å². The number of rotatable bonds is 8. The van der Waals surface area contributed by atoms with E-state index in [0.29, 0.717) is 6.54 Å². The molecule has 0 fully saturated rings. The molecule has 0 amide bonds. The third-order valence-corrected chi connectivity index (χ3v) is 5.58. The van der Waals surface area contributed by atoms with E-state index in [1.807, 2.05) is 30.3 Å². The maximum atomic E-state index is 4.59. The topological polar surface area (TPSA) is 62.7 Å². The molecule has 5 nitrogen and oxygen atoms in total. The van der Waals surface area contributed by atoms with Gasteiger partial charge in [0.15, 0.2) is 9.47 Å². The summed E-state index contributed by atoms with van der Waals surface area (Å²) in [6.07, 6.45) is 1.80. The fraction of sp³-hybridized carbons (Fsp3) is 0.133. The van der Waals surface area contributed by atoms with E-state index in [1.54, 1.807) is 40.5 Å². The maximum Gasteiger partial charge on any atom is 0.206 e. The zero-order valence-corrected chi connectivity index (χ0v) is 14.7. The van der Waals surface area contributed by atoms with Crippen LogP contribution in [0.1, 0.15) is 5.69 Å². The van der Waals surface area contributed by atoms with Crippen molar-refractivity contribution >= 4 is 50.4 Å². The molecule has 0 saturated heterocycles. The molecule has 0 aliphatic heterocycles. The Labute approximate surface area is 146 Å². The van der Waals surface area contributed by atoms with Crippen LogP contribution in [0.2, 0.25) is 0 Å². The van der Waals surface area contributed by atoms with E-state index in [0.717, 1.165) is 31.7 Å². The Hall–Kier alpha value is -1.90. The van der Waals surface area contributed by atoms with Crippen molar-refractivity contribution in [3.8, 4) is 0 Å². The van der Waals surface area contributed by atoms with E-state index in [1.165, 1.54) is 0 Å². The van der Waals surface area contributed by atoms with Crippen LogP contribution in [-0.2, 0) is 5.75 Å². The Morgan fingerprint density at radius 1 is 1.17 bits per heavy atom. The number of anilines is 3. The summed E-state index contributed by atoms with van der Waals surface area (Å²) in [7, 11) is 0. The molecule has 2 aromatic heterocycles. The van der Waals surface area contributed by atoms with Gasteiger partial charge in [-0.25, -0.2) is 4.98 Å². The van der Waals surface area contributed by atoms with Crippen LogP contribution in [0.5, 0.6) is 0 Å². The molecule has 23 heavy (non-hydrogen) atoms. The Morgan fingerprint density at radius 2 is 2.04 bits per heavy atom. The van der Waals surface area contributed by atoms with Crippen molar-refractivity contribution in [2.75, 3.05) is 17.2 Å². The van der Waals surface area contributed by atoms with Crippen LogP contribution >= 0.6 is 34.4 Å². The minimum Gasteiger partial charge on any atom is -0.357 e. The Bertz CT molecular complexity index is 753. The van der Waals surface area contributed by atoms with Crippen LogP contribution in [-0.4, -0.2) is 21.7 Å². The number of benzene rings is 1. The molecule has 0 spiro atoms. The van der Waals surface area contributed by atoms with E-state index in [9.17, 15) is 0 Å². The average molecular weight is 362 g/mol. The van der Waals surface area contributed by atoms with Gasteiger partial charge in [-0.1, -0.05) is 47.4 Å². The van der Waals surface area contributed by atoms with Gasteiger partial charge in [-0.2, -0.15) is 0 Å². The molecule has 2 heterocycles. The van der Waals surface area contributed by atoms with Gasteiger partial charge in [0.05, 0.1) is 5.69 Å². The Balaban J connectivity index is 1.53. The second kappa shape index (κ2) is 8.09. The minimum atomic E-state index is 0.694. The lowest BCUT2D eigenvalue weighted by molar-refractivity contribution is 1.01. The second-order valence-electron chi connectivity index (χ2n) is 4.47. The van der Waals surface area contributed by atoms with E-state index in [-0.39, 0.29) is 0 Å². The molecule has 1 aromatic carbocycles. The summed E-state index contributed by atoms with van der Waals surface area (Å²) in [6, 6.07) is 10.0. The lowest BCUT2D eigenvalue weighted by Crippen LogP contribution is -1.96. The van der Waals surface area contributed by atoms with Crippen molar-refractivity contribution < 1.29 is 0 Å². The smallest absolute Gasteiger partial charge is 0.206 e. The highest BCUT2D eigenvalue weighted by molar-refractivity contribution is 8.00. The van der Waals surface area contributed by atoms with Crippen LogP contribution in [0.4, 0.5) is 16.0 Å². The van der Waals surface area contributed by atoms with Crippen LogP contribution in [0, 0.1) is 0 Å². The first-order chi connectivity index (χ1) is 11.3. The standard InChI is InChI=1S/C15H15N5S3/c1-2-8-16-13-19-20-15(23-13)22-10-12-9-21-14(18-12)17-11-6-4-3-5-7-11/h2-7,9H,1,8,10H2,(H,16,19)(H,17,18). The van der Waals surface area contributed by atoms with Crippen LogP contribution in [0.15, 0.2) is 52.7 Å². The summed E-state index contributed by atoms with van der Waals surface area (Å²) >= 11 is 4.79. The number of aromatic nitrogens is 3. The van der Waals surface area contributed by atoms with Crippen LogP contribution in [0.3, 0.4) is 0 Å². The molecule has 0 atom stereocenters. The predicted octanol–water partition coefficient (Wildman–Crippen LogP) is 4.63. The lowest BCUT2D eigenvalue weighted by Gasteiger charge is -2.00. The third kappa shape index (κ3) is 4.78. The molecule has 0 unspecified atom stereocenters. The molecular weight excluding hydrogens is 346 g/mol. The summed E-state index contributed by atoms with van der Waals surface area (Å²) in [5, 5.41) is 18.5. The van der Waals surface area contributed by atoms with Crippen LogP contribution < -0.4 is 10.6 Å². The van der Waals surface area contributed by atoms with Gasteiger partial charge in [0, 0.05) is 23.4 Å². The minimum absolute atomic E-state index is 0.694. The van der Waals surface area contributed by atoms with Gasteiger partial charge in [0.1, 0.15) is 0 Å². The first-order valence-corrected chi connectivity index (χ1v) is 9.59. The molecule has 2 N–H and O–H groups in total. The summed E-state index contributed by atoms with van der Waals surface area (Å²) in [4.78, 5) is 4.59. The van der Waals surface area contributed by atoms with Gasteiger partial charge in [0.25, 0.3) is 0 Å². The van der Waals surface area contributed by atoms with Crippen molar-refractivity contribution in [3.05, 3.63) is 54.1 Å². The Morgan fingerprint density at radius 3 is 2.87 bits per heavy atom. The summed E-state index contributed by atoms with van der Waals surface area (Å²) in [5.74, 6) is 0.781. The summed E-state index contributed by atoms with van der Waals surface area (Å²) in [5.41, 5.74) is 2.08. The predicted molar refractivity (Wildman–Crippen MR) is 100.0 cm³/mol. The average Bonchev–Trinajstić information content (AvgIpc) is 3.21. The molecule has 0 bridgehead atoms. The van der Waals surface area contributed by atoms with Gasteiger partial charge in [0.2, 0.25) is 5.13 Å². The first kappa shape index (κ1) is 16.0. The van der Waals surface area contributed by atoms with E-state index >= 15 is 0 Å². The van der Waals surface area contributed by atoms with Crippen molar-refractivity contribution in [1.29, 1.82) is 0 Å². The number of thioether (sulfide) groups is 1. The van der Waals surface area contributed by atoms with Gasteiger partial charge < -0.3 is 10.6 Å². The monoisotopic (exact) mass is 361 g/mol. The molecule has 0 aliphatic rings.